The van der Waals surface area contributed by atoms with Gasteiger partial charge in [0.1, 0.15) is 5.82 Å². The van der Waals surface area contributed by atoms with Crippen molar-refractivity contribution in [1.29, 1.82) is 0 Å². The van der Waals surface area contributed by atoms with Crippen molar-refractivity contribution in [1.82, 2.24) is 10.2 Å². The zero-order chi connectivity index (χ0) is 11.9. The van der Waals surface area contributed by atoms with E-state index in [-0.39, 0.29) is 12.0 Å². The first-order valence-corrected chi connectivity index (χ1v) is 5.76. The maximum Gasteiger partial charge on any atom is 0.126 e. The van der Waals surface area contributed by atoms with Gasteiger partial charge >= 0.3 is 0 Å². The monoisotopic (exact) mass is 229 g/mol. The summed E-state index contributed by atoms with van der Waals surface area (Å²) in [6.45, 7) is 0.236. The fourth-order valence-electron chi connectivity index (χ4n) is 2.22. The molecule has 0 radical (unpaired) electrons. The number of nitrogen functional groups attached to an aromatic ring is 1. The Kier molecular flexibility index (Phi) is 2.19. The topological polar surface area (TPSA) is 74.9 Å². The lowest BCUT2D eigenvalue weighted by Gasteiger charge is -2.12. The van der Waals surface area contributed by atoms with Gasteiger partial charge in [0.25, 0.3) is 0 Å². The van der Waals surface area contributed by atoms with Gasteiger partial charge in [-0.15, -0.1) is 0 Å². The summed E-state index contributed by atoms with van der Waals surface area (Å²) in [5.41, 5.74) is 8.99. The van der Waals surface area contributed by atoms with Gasteiger partial charge < -0.3 is 10.8 Å². The third kappa shape index (κ3) is 1.61. The van der Waals surface area contributed by atoms with Crippen molar-refractivity contribution in [3.63, 3.8) is 0 Å². The van der Waals surface area contributed by atoms with Crippen molar-refractivity contribution in [2.75, 3.05) is 12.3 Å². The largest absolute Gasteiger partial charge is 0.395 e. The Labute approximate surface area is 99.5 Å². The molecule has 1 saturated carbocycles. The van der Waals surface area contributed by atoms with E-state index in [0.29, 0.717) is 5.82 Å². The Balaban J connectivity index is 1.93. The molecule has 17 heavy (non-hydrogen) atoms. The van der Waals surface area contributed by atoms with E-state index in [2.05, 4.69) is 22.3 Å². The molecular formula is C13H15N3O. The lowest BCUT2D eigenvalue weighted by atomic mass is 9.95. The van der Waals surface area contributed by atoms with Crippen molar-refractivity contribution in [2.24, 2.45) is 0 Å². The van der Waals surface area contributed by atoms with Gasteiger partial charge in [-0.2, -0.15) is 5.10 Å². The van der Waals surface area contributed by atoms with Crippen molar-refractivity contribution in [2.45, 2.75) is 18.3 Å². The number of anilines is 1. The van der Waals surface area contributed by atoms with Gasteiger partial charge in [0, 0.05) is 11.0 Å². The highest BCUT2D eigenvalue weighted by Crippen LogP contribution is 2.47. The molecule has 0 amide bonds. The molecule has 1 aromatic carbocycles. The fourth-order valence-corrected chi connectivity index (χ4v) is 2.22. The molecule has 0 unspecified atom stereocenters. The molecule has 88 valence electrons. The van der Waals surface area contributed by atoms with Crippen molar-refractivity contribution in [3.05, 3.63) is 36.0 Å². The average Bonchev–Trinajstić information content (AvgIpc) is 3.06. The summed E-state index contributed by atoms with van der Waals surface area (Å²) < 4.78 is 0. The molecule has 0 saturated heterocycles. The Bertz CT molecular complexity index is 526. The number of aliphatic hydroxyl groups is 1. The van der Waals surface area contributed by atoms with Crippen LogP contribution in [-0.4, -0.2) is 21.9 Å². The average molecular weight is 229 g/mol. The second-order valence-electron chi connectivity index (χ2n) is 4.71. The van der Waals surface area contributed by atoms with Gasteiger partial charge in [-0.1, -0.05) is 24.3 Å². The first-order valence-electron chi connectivity index (χ1n) is 5.76. The van der Waals surface area contributed by atoms with Gasteiger partial charge in [-0.25, -0.2) is 0 Å². The summed E-state index contributed by atoms with van der Waals surface area (Å²) in [4.78, 5) is 0. The summed E-state index contributed by atoms with van der Waals surface area (Å²) >= 11 is 0. The molecule has 1 aliphatic rings. The first kappa shape index (κ1) is 10.4. The second kappa shape index (κ2) is 3.60. The molecule has 0 atom stereocenters. The molecule has 1 fully saturated rings. The SMILES string of the molecule is Nc1[nH]ncc1-c1ccc(C2(CO)CC2)cc1. The highest BCUT2D eigenvalue weighted by Gasteiger charge is 2.43. The number of aromatic nitrogens is 2. The lowest BCUT2D eigenvalue weighted by Crippen LogP contribution is -2.11. The van der Waals surface area contributed by atoms with E-state index >= 15 is 0 Å². The van der Waals surface area contributed by atoms with Crippen LogP contribution in [0.1, 0.15) is 18.4 Å². The summed E-state index contributed by atoms with van der Waals surface area (Å²) in [6, 6.07) is 8.22. The highest BCUT2D eigenvalue weighted by molar-refractivity contribution is 5.73. The number of nitrogens with two attached hydrogens (primary N) is 1. The van der Waals surface area contributed by atoms with E-state index in [1.54, 1.807) is 6.20 Å². The van der Waals surface area contributed by atoms with Crippen molar-refractivity contribution in [3.8, 4) is 11.1 Å². The minimum atomic E-state index is 0.0282. The Morgan fingerprint density at radius 1 is 1.29 bits per heavy atom. The van der Waals surface area contributed by atoms with Crippen LogP contribution in [0, 0.1) is 0 Å². The van der Waals surface area contributed by atoms with E-state index in [0.717, 1.165) is 24.0 Å². The third-order valence-electron chi connectivity index (χ3n) is 3.63. The van der Waals surface area contributed by atoms with Gasteiger partial charge in [0.05, 0.1) is 12.8 Å². The van der Waals surface area contributed by atoms with Gasteiger partial charge in [-0.3, -0.25) is 5.10 Å². The number of aromatic amines is 1. The predicted molar refractivity (Wildman–Crippen MR) is 66.4 cm³/mol. The second-order valence-corrected chi connectivity index (χ2v) is 4.71. The molecule has 1 heterocycles. The predicted octanol–water partition coefficient (Wildman–Crippen LogP) is 1.68. The summed E-state index contributed by atoms with van der Waals surface area (Å²) in [5.74, 6) is 0.584. The molecule has 1 aliphatic carbocycles. The molecule has 4 heteroatoms. The molecule has 1 aromatic heterocycles. The zero-order valence-corrected chi connectivity index (χ0v) is 9.48. The van der Waals surface area contributed by atoms with Crippen LogP contribution < -0.4 is 5.73 Å². The Morgan fingerprint density at radius 2 is 2.00 bits per heavy atom. The van der Waals surface area contributed by atoms with Crippen LogP contribution in [0.3, 0.4) is 0 Å². The molecular weight excluding hydrogens is 214 g/mol. The van der Waals surface area contributed by atoms with E-state index in [4.69, 9.17) is 5.73 Å². The molecule has 2 aromatic rings. The van der Waals surface area contributed by atoms with Crippen LogP contribution in [0.4, 0.5) is 5.82 Å². The van der Waals surface area contributed by atoms with Gasteiger partial charge in [0.15, 0.2) is 0 Å². The maximum atomic E-state index is 9.37. The first-order chi connectivity index (χ1) is 8.25. The number of hydrogen-bond donors (Lipinski definition) is 3. The number of H-pyrrole nitrogens is 1. The minimum Gasteiger partial charge on any atom is -0.395 e. The molecule has 0 bridgehead atoms. The maximum absolute atomic E-state index is 9.37. The van der Waals surface area contributed by atoms with E-state index < -0.39 is 0 Å². The van der Waals surface area contributed by atoms with Crippen molar-refractivity contribution < 1.29 is 5.11 Å². The van der Waals surface area contributed by atoms with Crippen LogP contribution in [0.2, 0.25) is 0 Å². The van der Waals surface area contributed by atoms with Crippen LogP contribution in [0.15, 0.2) is 30.5 Å². The van der Waals surface area contributed by atoms with Crippen LogP contribution in [0.5, 0.6) is 0 Å². The Hall–Kier alpha value is -1.81. The molecule has 3 rings (SSSR count). The number of hydrogen-bond acceptors (Lipinski definition) is 3. The van der Waals surface area contributed by atoms with Gasteiger partial charge in [0.2, 0.25) is 0 Å². The van der Waals surface area contributed by atoms with Crippen molar-refractivity contribution >= 4 is 5.82 Å². The normalized spacial score (nSPS) is 17.0. The number of benzene rings is 1. The molecule has 0 aliphatic heterocycles. The summed E-state index contributed by atoms with van der Waals surface area (Å²) in [5, 5.41) is 16.0. The highest BCUT2D eigenvalue weighted by atomic mass is 16.3. The number of nitrogens with zero attached hydrogens (tertiary/aromatic N) is 1. The summed E-state index contributed by atoms with van der Waals surface area (Å²) in [6.07, 6.45) is 3.89. The van der Waals surface area contributed by atoms with Crippen LogP contribution in [0.25, 0.3) is 11.1 Å². The summed E-state index contributed by atoms with van der Waals surface area (Å²) in [7, 11) is 0. The Morgan fingerprint density at radius 3 is 2.47 bits per heavy atom. The third-order valence-corrected chi connectivity index (χ3v) is 3.63. The smallest absolute Gasteiger partial charge is 0.126 e. The molecule has 0 spiro atoms. The van der Waals surface area contributed by atoms with Gasteiger partial charge in [-0.05, 0) is 24.0 Å². The molecule has 4 N–H and O–H groups in total. The minimum absolute atomic E-state index is 0.0282. The van der Waals surface area contributed by atoms with Crippen LogP contribution in [-0.2, 0) is 5.41 Å². The quantitative estimate of drug-likeness (QED) is 0.749. The van der Waals surface area contributed by atoms with E-state index in [1.807, 2.05) is 12.1 Å². The van der Waals surface area contributed by atoms with E-state index in [9.17, 15) is 5.11 Å². The zero-order valence-electron chi connectivity index (χ0n) is 9.48. The standard InChI is InChI=1S/C13H15N3O/c14-12-11(7-15-16-12)9-1-3-10(4-2-9)13(8-17)5-6-13/h1-4,7,17H,5-6,8H2,(H3,14,15,16). The number of nitrogens with one attached hydrogen (secondary N) is 1. The lowest BCUT2D eigenvalue weighted by molar-refractivity contribution is 0.255. The number of aliphatic hydroxyl groups excluding tert-OH is 1. The van der Waals surface area contributed by atoms with E-state index in [1.165, 1.54) is 5.56 Å². The fraction of sp³-hybridized carbons (Fsp3) is 0.308. The molecule has 4 nitrogen and oxygen atoms in total. The van der Waals surface area contributed by atoms with Crippen LogP contribution >= 0.6 is 0 Å². The number of rotatable bonds is 3.